The molecule has 0 fully saturated rings. The van der Waals surface area contributed by atoms with Crippen molar-refractivity contribution in [1.82, 2.24) is 15.2 Å². The van der Waals surface area contributed by atoms with Gasteiger partial charge in [-0.15, -0.1) is 0 Å². The first-order chi connectivity index (χ1) is 13.3. The van der Waals surface area contributed by atoms with E-state index in [4.69, 9.17) is 4.74 Å². The molecule has 0 saturated heterocycles. The Kier molecular flexibility index (Phi) is 5.65. The third kappa shape index (κ3) is 4.31. The average Bonchev–Trinajstić information content (AvgIpc) is 2.98. The van der Waals surface area contributed by atoms with Gasteiger partial charge >= 0.3 is 0 Å². The lowest BCUT2D eigenvalue weighted by Gasteiger charge is -2.22. The highest BCUT2D eigenvalue weighted by molar-refractivity contribution is 5.90. The van der Waals surface area contributed by atoms with Gasteiger partial charge in [-0.05, 0) is 50.3 Å². The van der Waals surface area contributed by atoms with E-state index in [1.165, 1.54) is 6.92 Å². The zero-order chi connectivity index (χ0) is 20.3. The summed E-state index contributed by atoms with van der Waals surface area (Å²) < 4.78 is 5.96. The Labute approximate surface area is 165 Å². The van der Waals surface area contributed by atoms with Gasteiger partial charge in [0.2, 0.25) is 11.8 Å². The summed E-state index contributed by atoms with van der Waals surface area (Å²) >= 11 is 0. The molecule has 0 bridgehead atoms. The molecule has 1 aromatic heterocycles. The van der Waals surface area contributed by atoms with Gasteiger partial charge in [-0.1, -0.05) is 12.1 Å². The summed E-state index contributed by atoms with van der Waals surface area (Å²) in [5.41, 5.74) is 2.51. The first-order valence-electron chi connectivity index (χ1n) is 9.26. The van der Waals surface area contributed by atoms with Crippen LogP contribution < -0.4 is 15.4 Å². The molecule has 1 aliphatic heterocycles. The number of fused-ring (bicyclic) bond motifs is 1. The predicted molar refractivity (Wildman–Crippen MR) is 108 cm³/mol. The molecule has 2 heterocycles. The van der Waals surface area contributed by atoms with Crippen LogP contribution in [0.25, 0.3) is 11.1 Å². The number of benzene rings is 1. The van der Waals surface area contributed by atoms with Crippen LogP contribution in [0.2, 0.25) is 0 Å². The number of aromatic nitrogens is 1. The van der Waals surface area contributed by atoms with Crippen molar-refractivity contribution >= 4 is 17.5 Å². The quantitative estimate of drug-likeness (QED) is 0.799. The molecule has 1 aromatic carbocycles. The number of hydrogen-bond donors (Lipinski definition) is 2. The van der Waals surface area contributed by atoms with Crippen LogP contribution in [0.5, 0.6) is 5.88 Å². The van der Waals surface area contributed by atoms with Crippen LogP contribution in [0, 0.1) is 0 Å². The van der Waals surface area contributed by atoms with E-state index >= 15 is 0 Å². The number of nitrogens with zero attached hydrogens (tertiary/aromatic N) is 2. The van der Waals surface area contributed by atoms with Crippen LogP contribution in [-0.4, -0.2) is 54.5 Å². The van der Waals surface area contributed by atoms with Crippen molar-refractivity contribution in [1.29, 1.82) is 0 Å². The number of amides is 2. The van der Waals surface area contributed by atoms with Gasteiger partial charge in [-0.3, -0.25) is 9.59 Å². The van der Waals surface area contributed by atoms with Crippen molar-refractivity contribution in [3.63, 3.8) is 0 Å². The molecule has 0 spiro atoms. The maximum Gasteiger partial charge on any atom is 0.264 e. The molecule has 1 aliphatic rings. The predicted octanol–water partition coefficient (Wildman–Crippen LogP) is 2.08. The zero-order valence-corrected chi connectivity index (χ0v) is 16.7. The van der Waals surface area contributed by atoms with E-state index in [0.29, 0.717) is 18.8 Å². The zero-order valence-electron chi connectivity index (χ0n) is 16.7. The second-order valence-corrected chi connectivity index (χ2v) is 7.47. The van der Waals surface area contributed by atoms with Crippen LogP contribution >= 0.6 is 0 Å². The van der Waals surface area contributed by atoms with Gasteiger partial charge in [0, 0.05) is 43.9 Å². The minimum Gasteiger partial charge on any atom is -0.461 e. The molecule has 2 amide bonds. The summed E-state index contributed by atoms with van der Waals surface area (Å²) in [5, 5.41) is 5.74. The van der Waals surface area contributed by atoms with E-state index < -0.39 is 5.60 Å². The summed E-state index contributed by atoms with van der Waals surface area (Å²) in [6.07, 6.45) is 2.11. The molecule has 0 aliphatic carbocycles. The molecule has 2 aromatic rings. The van der Waals surface area contributed by atoms with E-state index in [1.54, 1.807) is 13.1 Å². The summed E-state index contributed by atoms with van der Waals surface area (Å²) in [4.78, 5) is 30.4. The van der Waals surface area contributed by atoms with Crippen molar-refractivity contribution in [2.75, 3.05) is 32.5 Å². The van der Waals surface area contributed by atoms with Gasteiger partial charge in [0.1, 0.15) is 0 Å². The Morgan fingerprint density at radius 1 is 1.29 bits per heavy atom. The van der Waals surface area contributed by atoms with Gasteiger partial charge < -0.3 is 20.3 Å². The van der Waals surface area contributed by atoms with E-state index in [-0.39, 0.29) is 11.8 Å². The van der Waals surface area contributed by atoms with Crippen LogP contribution in [-0.2, 0) is 16.0 Å². The molecule has 3 rings (SSSR count). The second-order valence-electron chi connectivity index (χ2n) is 7.47. The number of hydrogen-bond acceptors (Lipinski definition) is 5. The van der Waals surface area contributed by atoms with E-state index in [1.807, 2.05) is 49.3 Å². The third-order valence-electron chi connectivity index (χ3n) is 4.67. The molecule has 7 heteroatoms. The van der Waals surface area contributed by atoms with Crippen LogP contribution in [0.3, 0.4) is 0 Å². The normalized spacial score (nSPS) is 17.8. The van der Waals surface area contributed by atoms with Gasteiger partial charge in [0.05, 0.1) is 0 Å². The maximum absolute atomic E-state index is 12.7. The largest absolute Gasteiger partial charge is 0.461 e. The monoisotopic (exact) mass is 382 g/mol. The molecule has 0 radical (unpaired) electrons. The molecule has 7 nitrogen and oxygen atoms in total. The number of anilines is 1. The van der Waals surface area contributed by atoms with E-state index in [2.05, 4.69) is 15.6 Å². The maximum atomic E-state index is 12.7. The highest BCUT2D eigenvalue weighted by Gasteiger charge is 2.43. The molecule has 1 atom stereocenters. The van der Waals surface area contributed by atoms with Crippen molar-refractivity contribution in [3.05, 3.63) is 42.1 Å². The lowest BCUT2D eigenvalue weighted by Crippen LogP contribution is -2.49. The lowest BCUT2D eigenvalue weighted by molar-refractivity contribution is -0.134. The summed E-state index contributed by atoms with van der Waals surface area (Å²) in [6, 6.07) is 9.50. The Bertz CT molecular complexity index is 897. The fourth-order valence-electron chi connectivity index (χ4n) is 3.26. The van der Waals surface area contributed by atoms with Crippen molar-refractivity contribution < 1.29 is 14.3 Å². The molecule has 1 unspecified atom stereocenters. The van der Waals surface area contributed by atoms with Gasteiger partial charge in [-0.2, -0.15) is 0 Å². The first kappa shape index (κ1) is 19.8. The molecular formula is C21H26N4O3. The Balaban J connectivity index is 1.83. The van der Waals surface area contributed by atoms with Crippen molar-refractivity contribution in [2.24, 2.45) is 0 Å². The Morgan fingerprint density at radius 3 is 2.79 bits per heavy atom. The lowest BCUT2D eigenvalue weighted by atomic mass is 9.93. The first-order valence-corrected chi connectivity index (χ1v) is 9.26. The topological polar surface area (TPSA) is 83.6 Å². The molecule has 0 saturated carbocycles. The number of pyridine rings is 1. The van der Waals surface area contributed by atoms with Crippen LogP contribution in [0.4, 0.5) is 5.69 Å². The number of carbonyl (C=O) groups excluding carboxylic acids is 2. The second kappa shape index (κ2) is 7.98. The van der Waals surface area contributed by atoms with Gasteiger partial charge in [0.15, 0.2) is 5.60 Å². The SMILES string of the molecule is CC(=O)Nc1cccc(-c2ccnc3c2CC(C)(C(=O)NCCN(C)C)O3)c1. The smallest absolute Gasteiger partial charge is 0.264 e. The van der Waals surface area contributed by atoms with E-state index in [0.717, 1.165) is 28.9 Å². The summed E-state index contributed by atoms with van der Waals surface area (Å²) in [7, 11) is 3.92. The summed E-state index contributed by atoms with van der Waals surface area (Å²) in [5.74, 6) is 0.209. The minimum atomic E-state index is -0.993. The number of ether oxygens (including phenoxy) is 1. The minimum absolute atomic E-state index is 0.123. The van der Waals surface area contributed by atoms with Crippen LogP contribution in [0.1, 0.15) is 19.4 Å². The summed E-state index contributed by atoms with van der Waals surface area (Å²) in [6.45, 7) is 4.58. The average molecular weight is 382 g/mol. The number of rotatable bonds is 6. The van der Waals surface area contributed by atoms with Gasteiger partial charge in [0.25, 0.3) is 5.91 Å². The van der Waals surface area contributed by atoms with Crippen molar-refractivity contribution in [3.8, 4) is 17.0 Å². The third-order valence-corrected chi connectivity index (χ3v) is 4.67. The van der Waals surface area contributed by atoms with Crippen molar-refractivity contribution in [2.45, 2.75) is 25.9 Å². The number of carbonyl (C=O) groups is 2. The van der Waals surface area contributed by atoms with E-state index in [9.17, 15) is 9.59 Å². The molecule has 2 N–H and O–H groups in total. The fourth-order valence-corrected chi connectivity index (χ4v) is 3.26. The highest BCUT2D eigenvalue weighted by atomic mass is 16.5. The standard InChI is InChI=1S/C21H26N4O3/c1-14(26)24-16-7-5-6-15(12-16)17-8-9-22-19-18(17)13-21(2,28-19)20(27)23-10-11-25(3)4/h5-9,12H,10-11,13H2,1-4H3,(H,23,27)(H,24,26). The molecular weight excluding hydrogens is 356 g/mol. The number of nitrogens with one attached hydrogen (secondary N) is 2. The fraction of sp³-hybridized carbons (Fsp3) is 0.381. The Morgan fingerprint density at radius 2 is 2.07 bits per heavy atom. The van der Waals surface area contributed by atoms with Crippen LogP contribution in [0.15, 0.2) is 36.5 Å². The Hall–Kier alpha value is -2.93. The molecule has 28 heavy (non-hydrogen) atoms. The number of likely N-dealkylation sites (N-methyl/N-ethyl adjacent to an activating group) is 1. The van der Waals surface area contributed by atoms with Gasteiger partial charge in [-0.25, -0.2) is 4.98 Å². The molecule has 148 valence electrons. The highest BCUT2D eigenvalue weighted by Crippen LogP contribution is 2.40.